The van der Waals surface area contributed by atoms with E-state index in [1.807, 2.05) is 0 Å². The minimum atomic E-state index is -4.04. The van der Waals surface area contributed by atoms with Gasteiger partial charge in [-0.3, -0.25) is 0 Å². The molecule has 0 saturated carbocycles. The molecule has 0 aliphatic heterocycles. The van der Waals surface area contributed by atoms with Gasteiger partial charge in [-0.05, 0) is 24.3 Å². The number of primary sulfonamides is 1. The highest BCUT2D eigenvalue weighted by Gasteiger charge is 2.19. The van der Waals surface area contributed by atoms with Crippen LogP contribution in [-0.2, 0) is 21.4 Å². The summed E-state index contributed by atoms with van der Waals surface area (Å²) in [4.78, 5) is 15.9. The molecule has 0 aliphatic carbocycles. The minimum Gasteiger partial charge on any atom is -0.451 e. The van der Waals surface area contributed by atoms with Gasteiger partial charge in [0, 0.05) is 0 Å². The molecule has 3 rings (SSSR count). The lowest BCUT2D eigenvalue weighted by molar-refractivity contribution is 0.0417. The van der Waals surface area contributed by atoms with E-state index < -0.39 is 21.1 Å². The molecule has 0 spiro atoms. The van der Waals surface area contributed by atoms with Crippen LogP contribution in [0.3, 0.4) is 0 Å². The van der Waals surface area contributed by atoms with E-state index >= 15 is 0 Å². The third-order valence-electron chi connectivity index (χ3n) is 2.97. The summed E-state index contributed by atoms with van der Waals surface area (Å²) < 4.78 is 37.0. The maximum Gasteiger partial charge on any atom is 0.374 e. The smallest absolute Gasteiger partial charge is 0.374 e. The molecule has 2 heterocycles. The molecular formula is C14H10ClN3O6S. The zero-order valence-corrected chi connectivity index (χ0v) is 14.0. The third kappa shape index (κ3) is 3.87. The highest BCUT2D eigenvalue weighted by molar-refractivity contribution is 7.89. The topological polar surface area (TPSA) is 139 Å². The lowest BCUT2D eigenvalue weighted by Gasteiger charge is -1.98. The standard InChI is InChI=1S/C14H10ClN3O6S/c15-9-4-2-1-3-8(9)13-17-11(18-24-13)7-22-14(19)10-5-6-12(23-10)25(16,20)21/h1-6H,7H2,(H2,16,20,21). The van der Waals surface area contributed by atoms with Gasteiger partial charge in [0.05, 0.1) is 10.6 Å². The number of nitrogens with two attached hydrogens (primary N) is 1. The van der Waals surface area contributed by atoms with E-state index in [9.17, 15) is 13.2 Å². The van der Waals surface area contributed by atoms with Gasteiger partial charge in [-0.25, -0.2) is 18.4 Å². The van der Waals surface area contributed by atoms with E-state index in [2.05, 4.69) is 10.1 Å². The van der Waals surface area contributed by atoms with Gasteiger partial charge in [-0.1, -0.05) is 28.9 Å². The number of hydrogen-bond acceptors (Lipinski definition) is 8. The number of rotatable bonds is 5. The number of halogens is 1. The van der Waals surface area contributed by atoms with Crippen molar-refractivity contribution in [2.75, 3.05) is 0 Å². The lowest BCUT2D eigenvalue weighted by Crippen LogP contribution is -2.11. The highest BCUT2D eigenvalue weighted by atomic mass is 35.5. The Kier molecular flexibility index (Phi) is 4.57. The maximum atomic E-state index is 11.8. The molecule has 3 aromatic rings. The van der Waals surface area contributed by atoms with Crippen molar-refractivity contribution in [3.05, 3.63) is 53.0 Å². The molecule has 9 nitrogen and oxygen atoms in total. The fourth-order valence-electron chi connectivity index (χ4n) is 1.84. The number of furan rings is 1. The van der Waals surface area contributed by atoms with Gasteiger partial charge < -0.3 is 13.7 Å². The first-order chi connectivity index (χ1) is 11.8. The van der Waals surface area contributed by atoms with Crippen molar-refractivity contribution in [3.8, 4) is 11.5 Å². The molecule has 0 saturated heterocycles. The molecule has 11 heteroatoms. The summed E-state index contributed by atoms with van der Waals surface area (Å²) in [5.41, 5.74) is 0.540. The number of carbonyl (C=O) groups is 1. The Morgan fingerprint density at radius 3 is 2.68 bits per heavy atom. The first kappa shape index (κ1) is 17.1. The van der Waals surface area contributed by atoms with Crippen molar-refractivity contribution in [2.45, 2.75) is 11.7 Å². The number of benzene rings is 1. The van der Waals surface area contributed by atoms with Crippen molar-refractivity contribution in [2.24, 2.45) is 5.14 Å². The van der Waals surface area contributed by atoms with E-state index in [4.69, 9.17) is 30.4 Å². The van der Waals surface area contributed by atoms with Crippen LogP contribution in [-0.4, -0.2) is 24.5 Å². The van der Waals surface area contributed by atoms with E-state index in [1.54, 1.807) is 24.3 Å². The molecule has 1 aromatic carbocycles. The molecule has 130 valence electrons. The number of aromatic nitrogens is 2. The van der Waals surface area contributed by atoms with Crippen LogP contribution in [0.25, 0.3) is 11.5 Å². The fourth-order valence-corrected chi connectivity index (χ4v) is 2.52. The zero-order chi connectivity index (χ0) is 18.0. The SMILES string of the molecule is NS(=O)(=O)c1ccc(C(=O)OCc2noc(-c3ccccc3Cl)n2)o1. The number of carbonyl (C=O) groups excluding carboxylic acids is 1. The Bertz CT molecular complexity index is 1030. The van der Waals surface area contributed by atoms with Crippen molar-refractivity contribution in [1.29, 1.82) is 0 Å². The van der Waals surface area contributed by atoms with Gasteiger partial charge in [-0.15, -0.1) is 0 Å². The minimum absolute atomic E-state index is 0.0986. The molecule has 0 unspecified atom stereocenters. The molecule has 0 radical (unpaired) electrons. The summed E-state index contributed by atoms with van der Waals surface area (Å²) in [6.45, 7) is -0.307. The number of nitrogens with zero attached hydrogens (tertiary/aromatic N) is 2. The van der Waals surface area contributed by atoms with Crippen molar-refractivity contribution in [1.82, 2.24) is 10.1 Å². The summed E-state index contributed by atoms with van der Waals surface area (Å²) in [6.07, 6.45) is 0. The predicted molar refractivity (Wildman–Crippen MR) is 83.9 cm³/mol. The summed E-state index contributed by atoms with van der Waals surface area (Å²) in [5.74, 6) is -0.953. The zero-order valence-electron chi connectivity index (χ0n) is 12.4. The van der Waals surface area contributed by atoms with Crippen LogP contribution in [0.4, 0.5) is 0 Å². The summed E-state index contributed by atoms with van der Waals surface area (Å²) >= 11 is 6.03. The van der Waals surface area contributed by atoms with Gasteiger partial charge in [0.1, 0.15) is 0 Å². The van der Waals surface area contributed by atoms with Gasteiger partial charge in [0.25, 0.3) is 15.9 Å². The molecule has 25 heavy (non-hydrogen) atoms. The van der Waals surface area contributed by atoms with E-state index in [0.29, 0.717) is 10.6 Å². The molecule has 2 N–H and O–H groups in total. The molecule has 0 aliphatic rings. The summed E-state index contributed by atoms with van der Waals surface area (Å²) in [7, 11) is -4.04. The maximum absolute atomic E-state index is 11.8. The van der Waals surface area contributed by atoms with Crippen molar-refractivity contribution in [3.63, 3.8) is 0 Å². The van der Waals surface area contributed by atoms with Gasteiger partial charge in [-0.2, -0.15) is 4.98 Å². The predicted octanol–water partition coefficient (Wildman–Crippen LogP) is 1.99. The van der Waals surface area contributed by atoms with Gasteiger partial charge in [0.15, 0.2) is 6.61 Å². The van der Waals surface area contributed by atoms with Crippen molar-refractivity contribution < 1.29 is 26.9 Å². The largest absolute Gasteiger partial charge is 0.451 e. The average molecular weight is 384 g/mol. The van der Waals surface area contributed by atoms with E-state index in [0.717, 1.165) is 12.1 Å². The third-order valence-corrected chi connectivity index (χ3v) is 4.08. The summed E-state index contributed by atoms with van der Waals surface area (Å²) in [6, 6.07) is 9.06. The average Bonchev–Trinajstić information content (AvgIpc) is 3.22. The number of esters is 1. The first-order valence-electron chi connectivity index (χ1n) is 6.72. The second kappa shape index (κ2) is 6.67. The van der Waals surface area contributed by atoms with Crippen LogP contribution in [0.15, 0.2) is 50.4 Å². The Labute approximate surface area is 146 Å². The molecule has 0 atom stereocenters. The van der Waals surface area contributed by atoms with Gasteiger partial charge >= 0.3 is 5.97 Å². The van der Waals surface area contributed by atoms with E-state index in [-0.39, 0.29) is 24.1 Å². The Hall–Kier alpha value is -2.69. The van der Waals surface area contributed by atoms with Crippen LogP contribution in [0, 0.1) is 0 Å². The normalized spacial score (nSPS) is 11.4. The van der Waals surface area contributed by atoms with Crippen LogP contribution < -0.4 is 5.14 Å². The molecular weight excluding hydrogens is 374 g/mol. The number of ether oxygens (including phenoxy) is 1. The van der Waals surface area contributed by atoms with Gasteiger partial charge in [0.2, 0.25) is 16.7 Å². The van der Waals surface area contributed by atoms with Crippen LogP contribution >= 0.6 is 11.6 Å². The quantitative estimate of drug-likeness (QED) is 0.660. The van der Waals surface area contributed by atoms with Crippen LogP contribution in [0.5, 0.6) is 0 Å². The molecule has 0 amide bonds. The van der Waals surface area contributed by atoms with Crippen molar-refractivity contribution >= 4 is 27.6 Å². The monoisotopic (exact) mass is 383 g/mol. The highest BCUT2D eigenvalue weighted by Crippen LogP contribution is 2.25. The number of sulfonamides is 1. The van der Waals surface area contributed by atoms with Crippen LogP contribution in [0.2, 0.25) is 5.02 Å². The lowest BCUT2D eigenvalue weighted by atomic mass is 10.2. The molecule has 0 bridgehead atoms. The summed E-state index contributed by atoms with van der Waals surface area (Å²) in [5, 5.41) is 8.45. The number of hydrogen-bond donors (Lipinski definition) is 1. The molecule has 2 aromatic heterocycles. The Morgan fingerprint density at radius 2 is 2.00 bits per heavy atom. The Balaban J connectivity index is 1.67. The van der Waals surface area contributed by atoms with E-state index in [1.165, 1.54) is 0 Å². The second-order valence-corrected chi connectivity index (χ2v) is 6.64. The fraction of sp³-hybridized carbons (Fsp3) is 0.0714. The second-order valence-electron chi connectivity index (χ2n) is 4.74. The molecule has 0 fully saturated rings. The first-order valence-corrected chi connectivity index (χ1v) is 8.64. The van der Waals surface area contributed by atoms with Crippen LogP contribution in [0.1, 0.15) is 16.4 Å². The Morgan fingerprint density at radius 1 is 1.24 bits per heavy atom.